The van der Waals surface area contributed by atoms with Crippen LogP contribution in [0.4, 0.5) is 0 Å². The van der Waals surface area contributed by atoms with Crippen molar-refractivity contribution in [1.82, 2.24) is 9.97 Å². The summed E-state index contributed by atoms with van der Waals surface area (Å²) in [5.74, 6) is -0.333. The number of esters is 1. The van der Waals surface area contributed by atoms with E-state index in [4.69, 9.17) is 4.74 Å². The lowest BCUT2D eigenvalue weighted by atomic mass is 10.0. The van der Waals surface area contributed by atoms with Gasteiger partial charge in [-0.1, -0.05) is 12.1 Å². The number of carbonyl (C=O) groups is 1. The van der Waals surface area contributed by atoms with Crippen LogP contribution in [0.25, 0.3) is 10.9 Å². The summed E-state index contributed by atoms with van der Waals surface area (Å²) in [6, 6.07) is 12.1. The van der Waals surface area contributed by atoms with Crippen LogP contribution in [0.5, 0.6) is 0 Å². The SMILES string of the molecule is CCOC(=O)c1cncc(Cc2ccc3nc(C)ccc3c2)c1. The predicted octanol–water partition coefficient (Wildman–Crippen LogP) is 3.71. The van der Waals surface area contributed by atoms with Gasteiger partial charge < -0.3 is 4.74 Å². The summed E-state index contributed by atoms with van der Waals surface area (Å²) in [5, 5.41) is 1.11. The van der Waals surface area contributed by atoms with Gasteiger partial charge in [0.25, 0.3) is 0 Å². The van der Waals surface area contributed by atoms with Gasteiger partial charge in [-0.25, -0.2) is 4.79 Å². The molecule has 0 amide bonds. The van der Waals surface area contributed by atoms with Gasteiger partial charge in [0.15, 0.2) is 0 Å². The fourth-order valence-electron chi connectivity index (χ4n) is 2.53. The van der Waals surface area contributed by atoms with Gasteiger partial charge in [0, 0.05) is 23.5 Å². The van der Waals surface area contributed by atoms with Crippen molar-refractivity contribution >= 4 is 16.9 Å². The number of hydrogen-bond acceptors (Lipinski definition) is 4. The van der Waals surface area contributed by atoms with Crippen LogP contribution in [0.1, 0.15) is 34.1 Å². The molecule has 0 unspecified atom stereocenters. The Bertz CT molecular complexity index is 859. The Kier molecular flexibility index (Phi) is 4.33. The van der Waals surface area contributed by atoms with Gasteiger partial charge in [-0.2, -0.15) is 0 Å². The molecule has 0 saturated heterocycles. The number of ether oxygens (including phenoxy) is 1. The molecular formula is C19H18N2O2. The zero-order valence-electron chi connectivity index (χ0n) is 13.2. The monoisotopic (exact) mass is 306 g/mol. The van der Waals surface area contributed by atoms with E-state index in [1.807, 2.05) is 25.1 Å². The van der Waals surface area contributed by atoms with E-state index in [1.165, 1.54) is 6.20 Å². The molecular weight excluding hydrogens is 288 g/mol. The third-order valence-electron chi connectivity index (χ3n) is 3.61. The van der Waals surface area contributed by atoms with E-state index in [2.05, 4.69) is 28.2 Å². The van der Waals surface area contributed by atoms with E-state index in [9.17, 15) is 4.79 Å². The normalized spacial score (nSPS) is 10.7. The first kappa shape index (κ1) is 15.2. The third-order valence-corrected chi connectivity index (χ3v) is 3.61. The van der Waals surface area contributed by atoms with Crippen LogP contribution < -0.4 is 0 Å². The molecule has 2 aromatic heterocycles. The molecule has 0 aliphatic carbocycles. The maximum Gasteiger partial charge on any atom is 0.339 e. The molecule has 116 valence electrons. The topological polar surface area (TPSA) is 52.1 Å². The molecule has 3 rings (SSSR count). The molecule has 0 radical (unpaired) electrons. The van der Waals surface area contributed by atoms with Gasteiger partial charge in [0.2, 0.25) is 0 Å². The van der Waals surface area contributed by atoms with Gasteiger partial charge in [0.05, 0.1) is 17.7 Å². The van der Waals surface area contributed by atoms with Gasteiger partial charge in [-0.3, -0.25) is 9.97 Å². The van der Waals surface area contributed by atoms with E-state index in [0.717, 1.165) is 27.7 Å². The minimum absolute atomic E-state index is 0.333. The summed E-state index contributed by atoms with van der Waals surface area (Å²) in [6.45, 7) is 4.14. The van der Waals surface area contributed by atoms with E-state index in [0.29, 0.717) is 18.6 Å². The maximum atomic E-state index is 11.8. The Hall–Kier alpha value is -2.75. The Morgan fingerprint density at radius 1 is 1.09 bits per heavy atom. The van der Waals surface area contributed by atoms with E-state index in [1.54, 1.807) is 13.1 Å². The van der Waals surface area contributed by atoms with Crippen molar-refractivity contribution in [2.24, 2.45) is 0 Å². The summed E-state index contributed by atoms with van der Waals surface area (Å²) >= 11 is 0. The molecule has 0 saturated carbocycles. The molecule has 3 aromatic rings. The van der Waals surface area contributed by atoms with Crippen molar-refractivity contribution in [2.75, 3.05) is 6.61 Å². The fraction of sp³-hybridized carbons (Fsp3) is 0.211. The summed E-state index contributed by atoms with van der Waals surface area (Å²) in [4.78, 5) is 20.4. The molecule has 4 nitrogen and oxygen atoms in total. The highest BCUT2D eigenvalue weighted by Gasteiger charge is 2.08. The van der Waals surface area contributed by atoms with Crippen LogP contribution in [0.3, 0.4) is 0 Å². The van der Waals surface area contributed by atoms with Crippen molar-refractivity contribution in [3.63, 3.8) is 0 Å². The molecule has 1 aromatic carbocycles. The molecule has 0 fully saturated rings. The Labute approximate surface area is 135 Å². The van der Waals surface area contributed by atoms with Crippen LogP contribution >= 0.6 is 0 Å². The minimum atomic E-state index is -0.333. The van der Waals surface area contributed by atoms with Gasteiger partial charge in [-0.05, 0) is 55.7 Å². The highest BCUT2D eigenvalue weighted by molar-refractivity contribution is 5.89. The standard InChI is InChI=1S/C19H18N2O2/c1-3-23-19(22)17-10-15(11-20-12-17)8-14-5-7-18-16(9-14)6-4-13(2)21-18/h4-7,9-12H,3,8H2,1-2H3. The second-order valence-corrected chi connectivity index (χ2v) is 5.46. The van der Waals surface area contributed by atoms with Gasteiger partial charge >= 0.3 is 5.97 Å². The lowest BCUT2D eigenvalue weighted by Gasteiger charge is -2.06. The van der Waals surface area contributed by atoms with Crippen molar-refractivity contribution in [2.45, 2.75) is 20.3 Å². The maximum absolute atomic E-state index is 11.8. The second kappa shape index (κ2) is 6.57. The van der Waals surface area contributed by atoms with Crippen molar-refractivity contribution < 1.29 is 9.53 Å². The molecule has 0 aliphatic heterocycles. The Balaban J connectivity index is 1.85. The lowest BCUT2D eigenvalue weighted by Crippen LogP contribution is -2.06. The summed E-state index contributed by atoms with van der Waals surface area (Å²) in [6.07, 6.45) is 4.03. The first-order chi connectivity index (χ1) is 11.2. The molecule has 2 heterocycles. The van der Waals surface area contributed by atoms with Gasteiger partial charge in [-0.15, -0.1) is 0 Å². The number of pyridine rings is 2. The minimum Gasteiger partial charge on any atom is -0.462 e. The van der Waals surface area contributed by atoms with Crippen molar-refractivity contribution in [1.29, 1.82) is 0 Å². The van der Waals surface area contributed by atoms with E-state index >= 15 is 0 Å². The number of aromatic nitrogens is 2. The van der Waals surface area contributed by atoms with Crippen molar-refractivity contribution in [3.8, 4) is 0 Å². The zero-order chi connectivity index (χ0) is 16.2. The number of nitrogens with zero attached hydrogens (tertiary/aromatic N) is 2. The summed E-state index contributed by atoms with van der Waals surface area (Å²) in [5.41, 5.74) is 4.63. The second-order valence-electron chi connectivity index (χ2n) is 5.46. The molecule has 0 bridgehead atoms. The summed E-state index contributed by atoms with van der Waals surface area (Å²) < 4.78 is 5.01. The number of benzene rings is 1. The zero-order valence-corrected chi connectivity index (χ0v) is 13.2. The van der Waals surface area contributed by atoms with E-state index in [-0.39, 0.29) is 5.97 Å². The van der Waals surface area contributed by atoms with Crippen LogP contribution in [0.2, 0.25) is 0 Å². The highest BCUT2D eigenvalue weighted by Crippen LogP contribution is 2.18. The van der Waals surface area contributed by atoms with Crippen LogP contribution in [-0.4, -0.2) is 22.5 Å². The summed E-state index contributed by atoms with van der Waals surface area (Å²) in [7, 11) is 0. The molecule has 0 aliphatic rings. The highest BCUT2D eigenvalue weighted by atomic mass is 16.5. The first-order valence-corrected chi connectivity index (χ1v) is 7.63. The molecule has 23 heavy (non-hydrogen) atoms. The van der Waals surface area contributed by atoms with Crippen LogP contribution in [-0.2, 0) is 11.2 Å². The van der Waals surface area contributed by atoms with E-state index < -0.39 is 0 Å². The van der Waals surface area contributed by atoms with Crippen LogP contribution in [0.15, 0.2) is 48.8 Å². The van der Waals surface area contributed by atoms with Gasteiger partial charge in [0.1, 0.15) is 0 Å². The first-order valence-electron chi connectivity index (χ1n) is 7.63. The number of carbonyl (C=O) groups excluding carboxylic acids is 1. The molecule has 4 heteroatoms. The number of aryl methyl sites for hydroxylation is 1. The number of hydrogen-bond donors (Lipinski definition) is 0. The Morgan fingerprint density at radius 3 is 2.78 bits per heavy atom. The molecule has 0 N–H and O–H groups in total. The third kappa shape index (κ3) is 3.54. The Morgan fingerprint density at radius 2 is 1.96 bits per heavy atom. The average Bonchev–Trinajstić information content (AvgIpc) is 2.55. The molecule has 0 spiro atoms. The molecule has 0 atom stereocenters. The smallest absolute Gasteiger partial charge is 0.339 e. The largest absolute Gasteiger partial charge is 0.462 e. The van der Waals surface area contributed by atoms with Crippen molar-refractivity contribution in [3.05, 3.63) is 71.2 Å². The predicted molar refractivity (Wildman–Crippen MR) is 89.5 cm³/mol. The number of fused-ring (bicyclic) bond motifs is 1. The quantitative estimate of drug-likeness (QED) is 0.690. The lowest BCUT2D eigenvalue weighted by molar-refractivity contribution is 0.0525. The van der Waals surface area contributed by atoms with Crippen LogP contribution in [0, 0.1) is 6.92 Å². The average molecular weight is 306 g/mol. The fourth-order valence-corrected chi connectivity index (χ4v) is 2.53. The number of rotatable bonds is 4.